The van der Waals surface area contributed by atoms with Crippen molar-refractivity contribution in [2.45, 2.75) is 5.92 Å². The average molecular weight is 532 g/mol. The largest absolute Gasteiger partial charge is 0.436 e. The second-order valence-corrected chi connectivity index (χ2v) is 9.28. The molecule has 0 atom stereocenters. The zero-order chi connectivity index (χ0) is 25.1. The first kappa shape index (κ1) is 24.0. The molecule has 0 saturated carbocycles. The van der Waals surface area contributed by atoms with Crippen molar-refractivity contribution in [1.82, 2.24) is 10.3 Å². The number of benzene rings is 4. The molecule has 2 N–H and O–H groups in total. The van der Waals surface area contributed by atoms with E-state index in [9.17, 15) is 4.79 Å². The lowest BCUT2D eigenvalue weighted by atomic mass is 9.90. The van der Waals surface area contributed by atoms with E-state index in [0.29, 0.717) is 38.3 Å². The van der Waals surface area contributed by atoms with Crippen LogP contribution in [0.4, 0.5) is 5.69 Å². The summed E-state index contributed by atoms with van der Waals surface area (Å²) in [5.41, 5.74) is 4.25. The maximum Gasteiger partial charge on any atom is 0.238 e. The van der Waals surface area contributed by atoms with E-state index in [0.717, 1.165) is 11.1 Å². The van der Waals surface area contributed by atoms with Gasteiger partial charge in [0.25, 0.3) is 0 Å². The van der Waals surface area contributed by atoms with Gasteiger partial charge in [-0.3, -0.25) is 4.79 Å². The summed E-state index contributed by atoms with van der Waals surface area (Å²) in [6, 6.07) is 29.7. The smallest absolute Gasteiger partial charge is 0.238 e. The number of fused-ring (bicyclic) bond motifs is 1. The van der Waals surface area contributed by atoms with Crippen LogP contribution in [-0.4, -0.2) is 16.0 Å². The van der Waals surface area contributed by atoms with E-state index in [-0.39, 0.29) is 11.0 Å². The maximum absolute atomic E-state index is 13.3. The number of carbonyl (C=O) groups excluding carboxylic acids is 1. The Morgan fingerprint density at radius 3 is 2.17 bits per heavy atom. The number of aromatic nitrogens is 1. The van der Waals surface area contributed by atoms with Gasteiger partial charge in [0.15, 0.2) is 10.7 Å². The molecule has 178 valence electrons. The third kappa shape index (κ3) is 5.26. The quantitative estimate of drug-likeness (QED) is 0.230. The molecule has 0 aliphatic rings. The fourth-order valence-corrected chi connectivity index (χ4v) is 4.62. The Kier molecular flexibility index (Phi) is 7.00. The highest BCUT2D eigenvalue weighted by Crippen LogP contribution is 2.32. The molecule has 5 aromatic rings. The summed E-state index contributed by atoms with van der Waals surface area (Å²) in [5, 5.41) is 7.05. The van der Waals surface area contributed by atoms with Gasteiger partial charge in [-0.05, 0) is 59.7 Å². The van der Waals surface area contributed by atoms with E-state index in [1.165, 1.54) is 0 Å². The average Bonchev–Trinajstić information content (AvgIpc) is 3.28. The van der Waals surface area contributed by atoms with Crippen LogP contribution in [0.5, 0.6) is 0 Å². The molecule has 1 amide bonds. The Morgan fingerprint density at radius 1 is 0.861 bits per heavy atom. The Labute approximate surface area is 223 Å². The Hall–Kier alpha value is -3.71. The lowest BCUT2D eigenvalue weighted by Gasteiger charge is -2.18. The van der Waals surface area contributed by atoms with E-state index < -0.39 is 5.92 Å². The van der Waals surface area contributed by atoms with E-state index >= 15 is 0 Å². The Bertz CT molecular complexity index is 1520. The van der Waals surface area contributed by atoms with Crippen LogP contribution in [0.25, 0.3) is 22.6 Å². The summed E-state index contributed by atoms with van der Waals surface area (Å²) in [7, 11) is 0. The molecule has 0 fully saturated rings. The molecule has 0 aliphatic carbocycles. The van der Waals surface area contributed by atoms with Crippen LogP contribution in [-0.2, 0) is 4.79 Å². The van der Waals surface area contributed by atoms with Crippen LogP contribution >= 0.6 is 35.4 Å². The molecule has 0 bridgehead atoms. The number of nitrogens with one attached hydrogen (secondary N) is 2. The summed E-state index contributed by atoms with van der Waals surface area (Å²) < 4.78 is 5.86. The monoisotopic (exact) mass is 531 g/mol. The Morgan fingerprint density at radius 2 is 1.53 bits per heavy atom. The van der Waals surface area contributed by atoms with E-state index in [4.69, 9.17) is 39.8 Å². The van der Waals surface area contributed by atoms with Gasteiger partial charge in [-0.1, -0.05) is 83.9 Å². The van der Waals surface area contributed by atoms with Gasteiger partial charge in [0.1, 0.15) is 5.52 Å². The third-order valence-electron chi connectivity index (χ3n) is 5.57. The fourth-order valence-electron chi connectivity index (χ4n) is 3.92. The first-order valence-electron chi connectivity index (χ1n) is 11.1. The molecule has 5 rings (SSSR count). The zero-order valence-corrected chi connectivity index (χ0v) is 21.1. The van der Waals surface area contributed by atoms with Crippen molar-refractivity contribution in [2.24, 2.45) is 0 Å². The SMILES string of the molecule is O=C(NC(=S)Nc1ccc2oc(-c3ccc(Cl)cc3Cl)nc2c1)C(c1ccccc1)c1ccccc1. The molecular formula is C28H19Cl2N3O2S. The normalized spacial score (nSPS) is 11.0. The molecule has 4 aromatic carbocycles. The van der Waals surface area contributed by atoms with E-state index in [1.54, 1.807) is 36.4 Å². The number of anilines is 1. The number of rotatable bonds is 5. The molecule has 1 heterocycles. The summed E-state index contributed by atoms with van der Waals surface area (Å²) in [6.07, 6.45) is 0. The molecule has 0 unspecified atom stereocenters. The van der Waals surface area contributed by atoms with Crippen molar-refractivity contribution in [3.8, 4) is 11.5 Å². The van der Waals surface area contributed by atoms with Gasteiger partial charge < -0.3 is 15.1 Å². The second-order valence-electron chi connectivity index (χ2n) is 8.02. The molecule has 1 aromatic heterocycles. The number of oxazole rings is 1. The van der Waals surface area contributed by atoms with Crippen LogP contribution in [0, 0.1) is 0 Å². The lowest BCUT2D eigenvalue weighted by Crippen LogP contribution is -2.37. The van der Waals surface area contributed by atoms with Crippen molar-refractivity contribution in [2.75, 3.05) is 5.32 Å². The number of amides is 1. The van der Waals surface area contributed by atoms with Crippen molar-refractivity contribution >= 4 is 63.2 Å². The van der Waals surface area contributed by atoms with Gasteiger partial charge in [0.2, 0.25) is 11.8 Å². The van der Waals surface area contributed by atoms with Gasteiger partial charge >= 0.3 is 0 Å². The second kappa shape index (κ2) is 10.5. The molecular weight excluding hydrogens is 513 g/mol. The highest BCUT2D eigenvalue weighted by atomic mass is 35.5. The van der Waals surface area contributed by atoms with Crippen LogP contribution in [0.15, 0.2) is 101 Å². The minimum absolute atomic E-state index is 0.181. The molecule has 0 aliphatic heterocycles. The maximum atomic E-state index is 13.3. The molecule has 0 spiro atoms. The van der Waals surface area contributed by atoms with E-state index in [2.05, 4.69) is 15.6 Å². The number of nitrogens with zero attached hydrogens (tertiary/aromatic N) is 1. The predicted molar refractivity (Wildman–Crippen MR) is 149 cm³/mol. The van der Waals surface area contributed by atoms with Crippen LogP contribution < -0.4 is 10.6 Å². The highest BCUT2D eigenvalue weighted by molar-refractivity contribution is 7.80. The predicted octanol–water partition coefficient (Wildman–Crippen LogP) is 7.45. The van der Waals surface area contributed by atoms with Gasteiger partial charge in [0, 0.05) is 10.7 Å². The molecule has 8 heteroatoms. The molecule has 5 nitrogen and oxygen atoms in total. The Balaban J connectivity index is 1.34. The first-order chi connectivity index (χ1) is 17.5. The van der Waals surface area contributed by atoms with Crippen LogP contribution in [0.1, 0.15) is 17.0 Å². The van der Waals surface area contributed by atoms with Crippen molar-refractivity contribution in [3.63, 3.8) is 0 Å². The number of hydrogen-bond acceptors (Lipinski definition) is 4. The molecule has 0 saturated heterocycles. The lowest BCUT2D eigenvalue weighted by molar-refractivity contribution is -0.120. The number of hydrogen-bond donors (Lipinski definition) is 2. The minimum Gasteiger partial charge on any atom is -0.436 e. The standard InChI is InChI=1S/C28H19Cl2N3O2S/c29-19-11-13-21(22(30)15-19)27-32-23-16-20(12-14-24(23)35-27)31-28(36)33-26(34)25(17-7-3-1-4-8-17)18-9-5-2-6-10-18/h1-16,25H,(H2,31,33,34,36). The minimum atomic E-state index is -0.503. The summed E-state index contributed by atoms with van der Waals surface area (Å²) >= 11 is 17.7. The molecule has 36 heavy (non-hydrogen) atoms. The van der Waals surface area contributed by atoms with E-state index in [1.807, 2.05) is 60.7 Å². The highest BCUT2D eigenvalue weighted by Gasteiger charge is 2.23. The third-order valence-corrected chi connectivity index (χ3v) is 6.32. The number of thiocarbonyl (C=S) groups is 1. The summed E-state index contributed by atoms with van der Waals surface area (Å²) in [6.45, 7) is 0. The summed E-state index contributed by atoms with van der Waals surface area (Å²) in [5.74, 6) is -0.350. The van der Waals surface area contributed by atoms with Gasteiger partial charge in [0.05, 0.1) is 16.5 Å². The van der Waals surface area contributed by atoms with Crippen LogP contribution in [0.3, 0.4) is 0 Å². The van der Waals surface area contributed by atoms with Gasteiger partial charge in [-0.15, -0.1) is 0 Å². The van der Waals surface area contributed by atoms with Crippen molar-refractivity contribution in [1.29, 1.82) is 0 Å². The summed E-state index contributed by atoms with van der Waals surface area (Å²) in [4.78, 5) is 17.8. The molecule has 0 radical (unpaired) electrons. The number of halogens is 2. The van der Waals surface area contributed by atoms with Crippen LogP contribution in [0.2, 0.25) is 10.0 Å². The first-order valence-corrected chi connectivity index (χ1v) is 12.2. The van der Waals surface area contributed by atoms with Gasteiger partial charge in [-0.25, -0.2) is 4.98 Å². The van der Waals surface area contributed by atoms with Gasteiger partial charge in [-0.2, -0.15) is 0 Å². The number of carbonyl (C=O) groups is 1. The topological polar surface area (TPSA) is 67.2 Å². The zero-order valence-electron chi connectivity index (χ0n) is 18.7. The van der Waals surface area contributed by atoms with Crippen molar-refractivity contribution in [3.05, 3.63) is 118 Å². The van der Waals surface area contributed by atoms with Crippen molar-refractivity contribution < 1.29 is 9.21 Å². The fraction of sp³-hybridized carbons (Fsp3) is 0.0357.